The first kappa shape index (κ1) is 5.97. The summed E-state index contributed by atoms with van der Waals surface area (Å²) in [6.07, 6.45) is -0.315. The molecule has 0 aromatic heterocycles. The van der Waals surface area contributed by atoms with Crippen LogP contribution in [0, 0.1) is 0 Å². The van der Waals surface area contributed by atoms with Gasteiger partial charge in [0.15, 0.2) is 6.29 Å². The minimum atomic E-state index is -0.399. The summed E-state index contributed by atoms with van der Waals surface area (Å²) in [5, 5.41) is 8.77. The van der Waals surface area contributed by atoms with E-state index in [9.17, 15) is 0 Å². The van der Waals surface area contributed by atoms with Crippen molar-refractivity contribution in [2.24, 2.45) is 5.90 Å². The van der Waals surface area contributed by atoms with Crippen LogP contribution in [0.25, 0.3) is 0 Å². The van der Waals surface area contributed by atoms with Gasteiger partial charge in [-0.3, -0.25) is 4.84 Å². The molecule has 8 heavy (non-hydrogen) atoms. The molecule has 0 spiro atoms. The van der Waals surface area contributed by atoms with E-state index >= 15 is 0 Å². The van der Waals surface area contributed by atoms with Crippen LogP contribution in [0.1, 0.15) is 6.42 Å². The molecule has 1 aliphatic rings. The van der Waals surface area contributed by atoms with Crippen molar-refractivity contribution >= 4 is 0 Å². The number of nitrogens with two attached hydrogens (primary N) is 1. The first-order chi connectivity index (χ1) is 3.83. The van der Waals surface area contributed by atoms with Crippen LogP contribution in [0.2, 0.25) is 0 Å². The van der Waals surface area contributed by atoms with Gasteiger partial charge in [-0.1, -0.05) is 0 Å². The van der Waals surface area contributed by atoms with Crippen LogP contribution >= 0.6 is 0 Å². The maximum absolute atomic E-state index is 8.77. The molecule has 4 nitrogen and oxygen atoms in total. The molecule has 1 rings (SSSR count). The summed E-state index contributed by atoms with van der Waals surface area (Å²) in [6.45, 7) is 0.335. The fourth-order valence-electron chi connectivity index (χ4n) is 0.671. The largest absolute Gasteiger partial charge is 0.391 e. The van der Waals surface area contributed by atoms with Gasteiger partial charge in [-0.15, -0.1) is 0 Å². The fourth-order valence-corrected chi connectivity index (χ4v) is 0.671. The molecule has 0 aliphatic carbocycles. The molecule has 0 bridgehead atoms. The quantitative estimate of drug-likeness (QED) is 0.434. The molecule has 0 amide bonds. The van der Waals surface area contributed by atoms with Crippen LogP contribution in [-0.4, -0.2) is 24.1 Å². The second kappa shape index (κ2) is 2.41. The number of rotatable bonds is 1. The first-order valence-electron chi connectivity index (χ1n) is 2.48. The summed E-state index contributed by atoms with van der Waals surface area (Å²) < 4.78 is 4.82. The van der Waals surface area contributed by atoms with Crippen molar-refractivity contribution in [2.45, 2.75) is 18.8 Å². The smallest absolute Gasteiger partial charge is 0.179 e. The minimum Gasteiger partial charge on any atom is -0.391 e. The first-order valence-corrected chi connectivity index (χ1v) is 2.48. The van der Waals surface area contributed by atoms with Crippen LogP contribution in [0.3, 0.4) is 0 Å². The average molecular weight is 119 g/mol. The Balaban J connectivity index is 2.22. The molecule has 0 unspecified atom stereocenters. The third kappa shape index (κ3) is 1.16. The highest BCUT2D eigenvalue weighted by atomic mass is 16.8. The maximum Gasteiger partial charge on any atom is 0.179 e. The SMILES string of the molecule is NO[C@@H]1C[C@H](O)CO1. The standard InChI is InChI=1S/C4H9NO3/c5-8-4-1-3(6)2-7-4/h3-4,6H,1-2,5H2/t3-,4+/m0/s1. The molecule has 1 saturated heterocycles. The summed E-state index contributed by atoms with van der Waals surface area (Å²) >= 11 is 0. The van der Waals surface area contributed by atoms with Gasteiger partial charge in [0.2, 0.25) is 0 Å². The lowest BCUT2D eigenvalue weighted by Crippen LogP contribution is -2.15. The van der Waals surface area contributed by atoms with Gasteiger partial charge in [0.1, 0.15) is 0 Å². The van der Waals surface area contributed by atoms with E-state index in [4.69, 9.17) is 15.7 Å². The van der Waals surface area contributed by atoms with Crippen molar-refractivity contribution in [2.75, 3.05) is 6.61 Å². The van der Waals surface area contributed by atoms with E-state index in [0.717, 1.165) is 0 Å². The average Bonchev–Trinajstić information content (AvgIpc) is 2.14. The van der Waals surface area contributed by atoms with Crippen molar-refractivity contribution in [3.05, 3.63) is 0 Å². The van der Waals surface area contributed by atoms with Crippen LogP contribution in [0.4, 0.5) is 0 Å². The van der Waals surface area contributed by atoms with Crippen molar-refractivity contribution in [1.82, 2.24) is 0 Å². The maximum atomic E-state index is 8.77. The summed E-state index contributed by atoms with van der Waals surface area (Å²) in [5.41, 5.74) is 0. The molecule has 1 heterocycles. The van der Waals surface area contributed by atoms with E-state index in [1.807, 2.05) is 0 Å². The zero-order valence-electron chi connectivity index (χ0n) is 4.41. The Morgan fingerprint density at radius 3 is 2.75 bits per heavy atom. The van der Waals surface area contributed by atoms with Gasteiger partial charge in [-0.05, 0) is 0 Å². The third-order valence-electron chi connectivity index (χ3n) is 1.09. The molecule has 4 heteroatoms. The number of aliphatic hydroxyl groups is 1. The predicted molar refractivity (Wildman–Crippen MR) is 25.6 cm³/mol. The topological polar surface area (TPSA) is 64.7 Å². The van der Waals surface area contributed by atoms with E-state index in [1.165, 1.54) is 0 Å². The Morgan fingerprint density at radius 2 is 2.50 bits per heavy atom. The molecular formula is C4H9NO3. The molecule has 3 N–H and O–H groups in total. The monoisotopic (exact) mass is 119 g/mol. The van der Waals surface area contributed by atoms with Gasteiger partial charge in [0.05, 0.1) is 12.7 Å². The van der Waals surface area contributed by atoms with Crippen LogP contribution in [0.5, 0.6) is 0 Å². The Kier molecular flexibility index (Phi) is 1.80. The van der Waals surface area contributed by atoms with Crippen molar-refractivity contribution < 1.29 is 14.7 Å². The lowest BCUT2D eigenvalue weighted by Gasteiger charge is -2.01. The Labute approximate surface area is 47.1 Å². The van der Waals surface area contributed by atoms with E-state index in [-0.39, 0.29) is 0 Å². The van der Waals surface area contributed by atoms with Gasteiger partial charge in [-0.2, -0.15) is 0 Å². The highest BCUT2D eigenvalue weighted by Gasteiger charge is 2.22. The number of hydrogen-bond donors (Lipinski definition) is 2. The van der Waals surface area contributed by atoms with Gasteiger partial charge >= 0.3 is 0 Å². The number of aliphatic hydroxyl groups excluding tert-OH is 1. The highest BCUT2D eigenvalue weighted by Crippen LogP contribution is 2.11. The lowest BCUT2D eigenvalue weighted by atomic mass is 10.3. The number of hydrogen-bond acceptors (Lipinski definition) is 4. The highest BCUT2D eigenvalue weighted by molar-refractivity contribution is 4.63. The van der Waals surface area contributed by atoms with Crippen LogP contribution in [0.15, 0.2) is 0 Å². The molecule has 0 saturated carbocycles. The summed E-state index contributed by atoms with van der Waals surface area (Å²) in [5.74, 6) is 4.76. The van der Waals surface area contributed by atoms with E-state index in [2.05, 4.69) is 4.84 Å². The van der Waals surface area contributed by atoms with Gasteiger partial charge in [0.25, 0.3) is 0 Å². The van der Waals surface area contributed by atoms with Crippen LogP contribution in [-0.2, 0) is 9.57 Å². The predicted octanol–water partition coefficient (Wildman–Crippen LogP) is -1.02. The molecule has 0 aromatic carbocycles. The minimum absolute atomic E-state index is 0.335. The fraction of sp³-hybridized carbons (Fsp3) is 1.00. The van der Waals surface area contributed by atoms with Crippen molar-refractivity contribution in [3.63, 3.8) is 0 Å². The second-order valence-electron chi connectivity index (χ2n) is 1.79. The molecule has 0 radical (unpaired) electrons. The van der Waals surface area contributed by atoms with Crippen molar-refractivity contribution in [1.29, 1.82) is 0 Å². The van der Waals surface area contributed by atoms with Crippen molar-refractivity contribution in [3.8, 4) is 0 Å². The van der Waals surface area contributed by atoms with Gasteiger partial charge in [-0.25, -0.2) is 5.90 Å². The lowest BCUT2D eigenvalue weighted by molar-refractivity contribution is -0.113. The summed E-state index contributed by atoms with van der Waals surface area (Å²) in [4.78, 5) is 4.30. The molecule has 2 atom stereocenters. The summed E-state index contributed by atoms with van der Waals surface area (Å²) in [7, 11) is 0. The molecule has 48 valence electrons. The zero-order chi connectivity index (χ0) is 5.98. The van der Waals surface area contributed by atoms with Gasteiger partial charge < -0.3 is 9.84 Å². The number of ether oxygens (including phenoxy) is 1. The zero-order valence-corrected chi connectivity index (χ0v) is 4.41. The molecule has 1 aliphatic heterocycles. The Bertz CT molecular complexity index is 77.7. The van der Waals surface area contributed by atoms with E-state index < -0.39 is 12.4 Å². The van der Waals surface area contributed by atoms with Gasteiger partial charge in [0, 0.05) is 6.42 Å². The molecular weight excluding hydrogens is 110 g/mol. The Hall–Kier alpha value is -0.160. The van der Waals surface area contributed by atoms with E-state index in [1.54, 1.807) is 0 Å². The molecule has 0 aromatic rings. The Morgan fingerprint density at radius 1 is 1.75 bits per heavy atom. The normalized spacial score (nSPS) is 38.2. The third-order valence-corrected chi connectivity index (χ3v) is 1.09. The summed E-state index contributed by atoms with van der Waals surface area (Å²) in [6, 6.07) is 0. The molecule has 1 fully saturated rings. The second-order valence-corrected chi connectivity index (χ2v) is 1.79. The van der Waals surface area contributed by atoms with Crippen LogP contribution < -0.4 is 5.90 Å². The van der Waals surface area contributed by atoms with E-state index in [0.29, 0.717) is 13.0 Å².